The van der Waals surface area contributed by atoms with Gasteiger partial charge in [-0.25, -0.2) is 0 Å². The van der Waals surface area contributed by atoms with E-state index in [2.05, 4.69) is 5.10 Å². The van der Waals surface area contributed by atoms with E-state index in [1.165, 1.54) is 0 Å². The third-order valence-electron chi connectivity index (χ3n) is 4.47. The molecule has 2 aliphatic rings. The SMILES string of the molecule is O=C(O)[C@@H]1[C@@H]2CCN(C(=O)CCCn3cccn3)C[C@@H]21. The highest BCUT2D eigenvalue weighted by molar-refractivity contribution is 5.78. The smallest absolute Gasteiger partial charge is 0.307 e. The van der Waals surface area contributed by atoms with Crippen LogP contribution in [0.4, 0.5) is 0 Å². The highest BCUT2D eigenvalue weighted by atomic mass is 16.4. The topological polar surface area (TPSA) is 75.4 Å². The molecule has 1 amide bonds. The van der Waals surface area contributed by atoms with Crippen LogP contribution in [0.1, 0.15) is 19.3 Å². The van der Waals surface area contributed by atoms with Crippen molar-refractivity contribution in [3.63, 3.8) is 0 Å². The van der Waals surface area contributed by atoms with E-state index in [-0.39, 0.29) is 17.7 Å². The first kappa shape index (κ1) is 13.1. The van der Waals surface area contributed by atoms with E-state index in [0.717, 1.165) is 19.4 Å². The third-order valence-corrected chi connectivity index (χ3v) is 4.47. The van der Waals surface area contributed by atoms with Gasteiger partial charge in [-0.15, -0.1) is 0 Å². The van der Waals surface area contributed by atoms with Crippen molar-refractivity contribution in [1.82, 2.24) is 14.7 Å². The second-order valence-electron chi connectivity index (χ2n) is 5.69. The standard InChI is InChI=1S/C14H19N3O3/c18-12(3-1-6-17-7-2-5-15-17)16-8-4-10-11(9-16)13(10)14(19)20/h2,5,7,10-11,13H,1,3-4,6,8-9H2,(H,19,20)/t10-,11+,13-/m1/s1. The average Bonchev–Trinajstić information content (AvgIpc) is 2.93. The number of carbonyl (C=O) groups excluding carboxylic acids is 1. The van der Waals surface area contributed by atoms with Gasteiger partial charge in [-0.2, -0.15) is 5.10 Å². The Hall–Kier alpha value is -1.85. The minimum atomic E-state index is -0.701. The summed E-state index contributed by atoms with van der Waals surface area (Å²) >= 11 is 0. The summed E-state index contributed by atoms with van der Waals surface area (Å²) in [5, 5.41) is 13.1. The fourth-order valence-electron chi connectivity index (χ4n) is 3.31. The molecule has 1 aromatic rings. The Morgan fingerprint density at radius 2 is 2.20 bits per heavy atom. The Labute approximate surface area is 117 Å². The molecule has 0 unspecified atom stereocenters. The molecular formula is C14H19N3O3. The third kappa shape index (κ3) is 2.55. The van der Waals surface area contributed by atoms with Crippen LogP contribution in [0.15, 0.2) is 18.5 Å². The van der Waals surface area contributed by atoms with Gasteiger partial charge in [0.15, 0.2) is 0 Å². The zero-order valence-corrected chi connectivity index (χ0v) is 11.3. The molecule has 0 aromatic carbocycles. The number of rotatable bonds is 5. The number of carboxylic acids is 1. The molecule has 2 heterocycles. The molecule has 1 aliphatic heterocycles. The molecule has 20 heavy (non-hydrogen) atoms. The van der Waals surface area contributed by atoms with E-state index in [1.54, 1.807) is 6.20 Å². The average molecular weight is 277 g/mol. The maximum absolute atomic E-state index is 12.1. The van der Waals surface area contributed by atoms with Gasteiger partial charge in [-0.3, -0.25) is 14.3 Å². The minimum absolute atomic E-state index is 0.145. The lowest BCUT2D eigenvalue weighted by Crippen LogP contribution is -2.36. The Bertz CT molecular complexity index is 500. The number of carbonyl (C=O) groups is 2. The monoisotopic (exact) mass is 277 g/mol. The van der Waals surface area contributed by atoms with Gasteiger partial charge >= 0.3 is 5.97 Å². The number of aliphatic carboxylic acids is 1. The first-order valence-corrected chi connectivity index (χ1v) is 7.15. The van der Waals surface area contributed by atoms with Gasteiger partial charge in [-0.1, -0.05) is 0 Å². The summed E-state index contributed by atoms with van der Waals surface area (Å²) < 4.78 is 1.82. The van der Waals surface area contributed by atoms with Crippen LogP contribution in [-0.2, 0) is 16.1 Å². The number of likely N-dealkylation sites (tertiary alicyclic amines) is 1. The molecule has 3 atom stereocenters. The fourth-order valence-corrected chi connectivity index (χ4v) is 3.31. The van der Waals surface area contributed by atoms with E-state index in [0.29, 0.717) is 25.4 Å². The predicted octanol–water partition coefficient (Wildman–Crippen LogP) is 0.842. The summed E-state index contributed by atoms with van der Waals surface area (Å²) in [6, 6.07) is 1.87. The molecule has 108 valence electrons. The van der Waals surface area contributed by atoms with E-state index >= 15 is 0 Å². The Morgan fingerprint density at radius 1 is 1.35 bits per heavy atom. The summed E-state index contributed by atoms with van der Waals surface area (Å²) in [5.74, 6) is -0.270. The van der Waals surface area contributed by atoms with E-state index in [9.17, 15) is 9.59 Å². The van der Waals surface area contributed by atoms with Crippen molar-refractivity contribution in [1.29, 1.82) is 0 Å². The first-order chi connectivity index (χ1) is 9.66. The molecule has 1 N–H and O–H groups in total. The maximum Gasteiger partial charge on any atom is 0.307 e. The van der Waals surface area contributed by atoms with Crippen LogP contribution in [0.5, 0.6) is 0 Å². The summed E-state index contributed by atoms with van der Waals surface area (Å²) in [5.41, 5.74) is 0. The van der Waals surface area contributed by atoms with E-state index in [1.807, 2.05) is 21.8 Å². The Balaban J connectivity index is 1.43. The molecule has 1 saturated heterocycles. The number of fused-ring (bicyclic) bond motifs is 1. The van der Waals surface area contributed by atoms with Crippen LogP contribution in [0, 0.1) is 17.8 Å². The number of carboxylic acid groups (broad SMARTS) is 1. The summed E-state index contributed by atoms with van der Waals surface area (Å²) in [6.45, 7) is 2.09. The van der Waals surface area contributed by atoms with Gasteiger partial charge < -0.3 is 10.0 Å². The van der Waals surface area contributed by atoms with E-state index in [4.69, 9.17) is 5.11 Å². The molecule has 2 fully saturated rings. The number of piperidine rings is 1. The lowest BCUT2D eigenvalue weighted by atomic mass is 10.1. The van der Waals surface area contributed by atoms with Gasteiger partial charge in [0, 0.05) is 38.4 Å². The molecule has 6 heteroatoms. The fraction of sp³-hybridized carbons (Fsp3) is 0.643. The Morgan fingerprint density at radius 3 is 2.90 bits per heavy atom. The van der Waals surface area contributed by atoms with Gasteiger partial charge in [0.1, 0.15) is 0 Å². The quantitative estimate of drug-likeness (QED) is 0.865. The van der Waals surface area contributed by atoms with Gasteiger partial charge in [0.25, 0.3) is 0 Å². The van der Waals surface area contributed by atoms with Gasteiger partial charge in [-0.05, 0) is 30.7 Å². The summed E-state index contributed by atoms with van der Waals surface area (Å²) in [4.78, 5) is 25.0. The van der Waals surface area contributed by atoms with Crippen molar-refractivity contribution < 1.29 is 14.7 Å². The van der Waals surface area contributed by atoms with Crippen molar-refractivity contribution in [2.24, 2.45) is 17.8 Å². The molecule has 0 radical (unpaired) electrons. The highest BCUT2D eigenvalue weighted by Crippen LogP contribution is 2.51. The van der Waals surface area contributed by atoms with Crippen LogP contribution < -0.4 is 0 Å². The summed E-state index contributed by atoms with van der Waals surface area (Å²) in [7, 11) is 0. The zero-order valence-electron chi connectivity index (χ0n) is 11.3. The number of amides is 1. The maximum atomic E-state index is 12.1. The zero-order chi connectivity index (χ0) is 14.1. The lowest BCUT2D eigenvalue weighted by molar-refractivity contribution is -0.139. The first-order valence-electron chi connectivity index (χ1n) is 7.15. The second kappa shape index (κ2) is 5.26. The number of aryl methyl sites for hydroxylation is 1. The lowest BCUT2D eigenvalue weighted by Gasteiger charge is -2.26. The number of aromatic nitrogens is 2. The number of hydrogen-bond acceptors (Lipinski definition) is 3. The Kier molecular flexibility index (Phi) is 3.46. The van der Waals surface area contributed by atoms with Gasteiger partial charge in [0.05, 0.1) is 5.92 Å². The molecule has 1 aromatic heterocycles. The van der Waals surface area contributed by atoms with Crippen molar-refractivity contribution >= 4 is 11.9 Å². The highest BCUT2D eigenvalue weighted by Gasteiger charge is 2.57. The molecule has 0 bridgehead atoms. The van der Waals surface area contributed by atoms with Crippen LogP contribution in [0.3, 0.4) is 0 Å². The molecule has 3 rings (SSSR count). The molecular weight excluding hydrogens is 258 g/mol. The van der Waals surface area contributed by atoms with Gasteiger partial charge in [0.2, 0.25) is 5.91 Å². The van der Waals surface area contributed by atoms with Crippen LogP contribution in [-0.4, -0.2) is 44.8 Å². The molecule has 0 spiro atoms. The van der Waals surface area contributed by atoms with Crippen molar-refractivity contribution in [2.45, 2.75) is 25.8 Å². The largest absolute Gasteiger partial charge is 0.481 e. The molecule has 1 saturated carbocycles. The normalized spacial score (nSPS) is 28.0. The van der Waals surface area contributed by atoms with Crippen molar-refractivity contribution in [3.05, 3.63) is 18.5 Å². The van der Waals surface area contributed by atoms with Crippen LogP contribution in [0.25, 0.3) is 0 Å². The number of nitrogens with zero attached hydrogens (tertiary/aromatic N) is 3. The minimum Gasteiger partial charge on any atom is -0.481 e. The van der Waals surface area contributed by atoms with E-state index < -0.39 is 5.97 Å². The molecule has 1 aliphatic carbocycles. The van der Waals surface area contributed by atoms with Crippen LogP contribution >= 0.6 is 0 Å². The predicted molar refractivity (Wildman–Crippen MR) is 70.8 cm³/mol. The molecule has 6 nitrogen and oxygen atoms in total. The van der Waals surface area contributed by atoms with Crippen molar-refractivity contribution in [2.75, 3.05) is 13.1 Å². The van der Waals surface area contributed by atoms with Crippen LogP contribution in [0.2, 0.25) is 0 Å². The number of hydrogen-bond donors (Lipinski definition) is 1. The van der Waals surface area contributed by atoms with Crippen molar-refractivity contribution in [3.8, 4) is 0 Å². The summed E-state index contributed by atoms with van der Waals surface area (Å²) in [6.07, 6.45) is 5.73. The second-order valence-corrected chi connectivity index (χ2v) is 5.69.